The summed E-state index contributed by atoms with van der Waals surface area (Å²) in [5.41, 5.74) is 7.97. The normalized spacial score (nSPS) is 12.8. The van der Waals surface area contributed by atoms with Gasteiger partial charge in [-0.3, -0.25) is 4.98 Å². The van der Waals surface area contributed by atoms with Crippen molar-refractivity contribution in [3.8, 4) is 0 Å². The number of hydrogen-bond acceptors (Lipinski definition) is 3. The molecule has 0 aliphatic rings. The summed E-state index contributed by atoms with van der Waals surface area (Å²) < 4.78 is 0. The fraction of sp³-hybridized carbons (Fsp3) is 0.545. The monoisotopic (exact) mass is 210 g/mol. The SMILES string of the molecule is Cc1cccnc1CSC(C)CCN. The van der Waals surface area contributed by atoms with Gasteiger partial charge in [-0.05, 0) is 31.5 Å². The highest BCUT2D eigenvalue weighted by molar-refractivity contribution is 7.99. The van der Waals surface area contributed by atoms with Crippen LogP contribution in [0.5, 0.6) is 0 Å². The zero-order valence-corrected chi connectivity index (χ0v) is 9.68. The fourth-order valence-corrected chi connectivity index (χ4v) is 2.26. The van der Waals surface area contributed by atoms with E-state index in [1.165, 1.54) is 11.3 Å². The molecular weight excluding hydrogens is 192 g/mol. The molecular formula is C11H18N2S. The Bertz CT molecular complexity index is 276. The number of hydrogen-bond donors (Lipinski definition) is 1. The average molecular weight is 210 g/mol. The molecule has 0 saturated heterocycles. The van der Waals surface area contributed by atoms with Gasteiger partial charge in [-0.1, -0.05) is 13.0 Å². The van der Waals surface area contributed by atoms with Crippen LogP contribution in [0.15, 0.2) is 18.3 Å². The summed E-state index contributed by atoms with van der Waals surface area (Å²) in [6.45, 7) is 5.10. The molecule has 0 amide bonds. The molecule has 1 aromatic heterocycles. The van der Waals surface area contributed by atoms with Crippen molar-refractivity contribution in [1.29, 1.82) is 0 Å². The molecule has 0 saturated carbocycles. The zero-order valence-electron chi connectivity index (χ0n) is 8.86. The molecule has 2 nitrogen and oxygen atoms in total. The second-order valence-corrected chi connectivity index (χ2v) is 4.89. The van der Waals surface area contributed by atoms with Crippen LogP contribution < -0.4 is 5.73 Å². The summed E-state index contributed by atoms with van der Waals surface area (Å²) in [6.07, 6.45) is 2.94. The van der Waals surface area contributed by atoms with E-state index in [1.54, 1.807) is 0 Å². The summed E-state index contributed by atoms with van der Waals surface area (Å²) in [6, 6.07) is 4.09. The molecule has 1 aromatic rings. The molecule has 14 heavy (non-hydrogen) atoms. The maximum absolute atomic E-state index is 5.50. The van der Waals surface area contributed by atoms with E-state index in [1.807, 2.05) is 24.0 Å². The molecule has 1 unspecified atom stereocenters. The molecule has 0 spiro atoms. The predicted octanol–water partition coefficient (Wildman–Crippen LogP) is 2.36. The van der Waals surface area contributed by atoms with E-state index < -0.39 is 0 Å². The molecule has 0 aromatic carbocycles. The van der Waals surface area contributed by atoms with E-state index in [2.05, 4.69) is 24.9 Å². The van der Waals surface area contributed by atoms with Crippen molar-refractivity contribution in [3.05, 3.63) is 29.6 Å². The lowest BCUT2D eigenvalue weighted by Gasteiger charge is -2.10. The second-order valence-electron chi connectivity index (χ2n) is 3.47. The van der Waals surface area contributed by atoms with Crippen molar-refractivity contribution >= 4 is 11.8 Å². The van der Waals surface area contributed by atoms with Crippen molar-refractivity contribution in [1.82, 2.24) is 4.98 Å². The highest BCUT2D eigenvalue weighted by Gasteiger charge is 2.04. The van der Waals surface area contributed by atoms with Crippen LogP contribution in [0.1, 0.15) is 24.6 Å². The van der Waals surface area contributed by atoms with Crippen LogP contribution >= 0.6 is 11.8 Å². The number of aromatic nitrogens is 1. The summed E-state index contributed by atoms with van der Waals surface area (Å²) in [5.74, 6) is 0.994. The smallest absolute Gasteiger partial charge is 0.0531 e. The van der Waals surface area contributed by atoms with E-state index in [0.717, 1.165) is 18.7 Å². The highest BCUT2D eigenvalue weighted by atomic mass is 32.2. The topological polar surface area (TPSA) is 38.9 Å². The molecule has 1 rings (SSSR count). The molecule has 0 aliphatic heterocycles. The van der Waals surface area contributed by atoms with Crippen LogP contribution in [0.25, 0.3) is 0 Å². The zero-order chi connectivity index (χ0) is 10.4. The summed E-state index contributed by atoms with van der Waals surface area (Å²) in [7, 11) is 0. The van der Waals surface area contributed by atoms with Gasteiger partial charge in [-0.2, -0.15) is 11.8 Å². The Hall–Kier alpha value is -0.540. The molecule has 78 valence electrons. The van der Waals surface area contributed by atoms with Crippen LogP contribution in [0, 0.1) is 6.92 Å². The van der Waals surface area contributed by atoms with Crippen molar-refractivity contribution < 1.29 is 0 Å². The van der Waals surface area contributed by atoms with Crippen molar-refractivity contribution in [3.63, 3.8) is 0 Å². The van der Waals surface area contributed by atoms with Gasteiger partial charge < -0.3 is 5.73 Å². The van der Waals surface area contributed by atoms with Gasteiger partial charge in [-0.25, -0.2) is 0 Å². The molecule has 2 N–H and O–H groups in total. The van der Waals surface area contributed by atoms with E-state index in [-0.39, 0.29) is 0 Å². The van der Waals surface area contributed by atoms with Gasteiger partial charge in [-0.15, -0.1) is 0 Å². The number of nitrogens with zero attached hydrogens (tertiary/aromatic N) is 1. The molecule has 0 bridgehead atoms. The highest BCUT2D eigenvalue weighted by Crippen LogP contribution is 2.19. The van der Waals surface area contributed by atoms with E-state index in [0.29, 0.717) is 5.25 Å². The summed E-state index contributed by atoms with van der Waals surface area (Å²) >= 11 is 1.93. The van der Waals surface area contributed by atoms with E-state index in [9.17, 15) is 0 Å². The molecule has 3 heteroatoms. The summed E-state index contributed by atoms with van der Waals surface area (Å²) in [4.78, 5) is 4.36. The van der Waals surface area contributed by atoms with Gasteiger partial charge in [0.2, 0.25) is 0 Å². The third-order valence-corrected chi connectivity index (χ3v) is 3.44. The van der Waals surface area contributed by atoms with Crippen LogP contribution in [-0.4, -0.2) is 16.8 Å². The quantitative estimate of drug-likeness (QED) is 0.811. The Labute approximate surface area is 90.3 Å². The first-order valence-electron chi connectivity index (χ1n) is 4.96. The molecule has 0 aliphatic carbocycles. The Morgan fingerprint density at radius 3 is 3.00 bits per heavy atom. The lowest BCUT2D eigenvalue weighted by Crippen LogP contribution is -2.07. The standard InChI is InChI=1S/C11H18N2S/c1-9-4-3-7-13-11(9)8-14-10(2)5-6-12/h3-4,7,10H,5-6,8,12H2,1-2H3. The van der Waals surface area contributed by atoms with Gasteiger partial charge in [0.25, 0.3) is 0 Å². The van der Waals surface area contributed by atoms with Gasteiger partial charge in [0, 0.05) is 17.2 Å². The first-order valence-corrected chi connectivity index (χ1v) is 6.01. The molecule has 0 fully saturated rings. The third-order valence-electron chi connectivity index (χ3n) is 2.20. The molecule has 0 radical (unpaired) electrons. The van der Waals surface area contributed by atoms with Gasteiger partial charge in [0.15, 0.2) is 0 Å². The van der Waals surface area contributed by atoms with E-state index in [4.69, 9.17) is 5.73 Å². The van der Waals surface area contributed by atoms with Crippen LogP contribution in [0.4, 0.5) is 0 Å². The van der Waals surface area contributed by atoms with E-state index >= 15 is 0 Å². The Balaban J connectivity index is 2.41. The van der Waals surface area contributed by atoms with Gasteiger partial charge >= 0.3 is 0 Å². The Kier molecular flexibility index (Phi) is 4.98. The Morgan fingerprint density at radius 1 is 1.57 bits per heavy atom. The number of nitrogens with two attached hydrogens (primary N) is 1. The lowest BCUT2D eigenvalue weighted by atomic mass is 10.2. The average Bonchev–Trinajstić information content (AvgIpc) is 2.17. The Morgan fingerprint density at radius 2 is 2.36 bits per heavy atom. The number of thioether (sulfide) groups is 1. The van der Waals surface area contributed by atoms with Crippen molar-refractivity contribution in [2.24, 2.45) is 5.73 Å². The number of rotatable bonds is 5. The van der Waals surface area contributed by atoms with Crippen LogP contribution in [0.3, 0.4) is 0 Å². The van der Waals surface area contributed by atoms with Crippen molar-refractivity contribution in [2.75, 3.05) is 6.54 Å². The lowest BCUT2D eigenvalue weighted by molar-refractivity contribution is 0.822. The van der Waals surface area contributed by atoms with Gasteiger partial charge in [0.1, 0.15) is 0 Å². The maximum atomic E-state index is 5.50. The molecule has 1 heterocycles. The minimum Gasteiger partial charge on any atom is -0.330 e. The minimum absolute atomic E-state index is 0.626. The summed E-state index contributed by atoms with van der Waals surface area (Å²) in [5, 5.41) is 0.626. The first kappa shape index (κ1) is 11.5. The van der Waals surface area contributed by atoms with Crippen LogP contribution in [0.2, 0.25) is 0 Å². The fourth-order valence-electron chi connectivity index (χ4n) is 1.21. The predicted molar refractivity (Wildman–Crippen MR) is 63.4 cm³/mol. The minimum atomic E-state index is 0.626. The first-order chi connectivity index (χ1) is 6.74. The number of aryl methyl sites for hydroxylation is 1. The van der Waals surface area contributed by atoms with Crippen molar-refractivity contribution in [2.45, 2.75) is 31.3 Å². The third kappa shape index (κ3) is 3.68. The largest absolute Gasteiger partial charge is 0.330 e. The molecule has 1 atom stereocenters. The van der Waals surface area contributed by atoms with Crippen LogP contribution in [-0.2, 0) is 5.75 Å². The maximum Gasteiger partial charge on any atom is 0.0531 e. The van der Waals surface area contributed by atoms with Gasteiger partial charge in [0.05, 0.1) is 5.69 Å². The number of pyridine rings is 1. The second kappa shape index (κ2) is 6.04.